The Balaban J connectivity index is 1.50. The quantitative estimate of drug-likeness (QED) is 0.663. The molecule has 0 fully saturated rings. The van der Waals surface area contributed by atoms with Gasteiger partial charge in [-0.1, -0.05) is 30.3 Å². The lowest BCUT2D eigenvalue weighted by molar-refractivity contribution is 0.0956. The highest BCUT2D eigenvalue weighted by atomic mass is 16.3. The van der Waals surface area contributed by atoms with Crippen molar-refractivity contribution in [2.24, 2.45) is 0 Å². The fraction of sp³-hybridized carbons (Fsp3) is 0.364. The largest absolute Gasteiger partial charge is 0.468 e. The summed E-state index contributed by atoms with van der Waals surface area (Å²) in [5, 5.41) is 11.0. The molecule has 2 aromatic heterocycles. The minimum absolute atomic E-state index is 0.110. The third-order valence-corrected chi connectivity index (χ3v) is 5.39. The highest BCUT2D eigenvalue weighted by molar-refractivity contribution is 5.93. The third kappa shape index (κ3) is 4.02. The number of furan rings is 1. The van der Waals surface area contributed by atoms with Gasteiger partial charge in [0, 0.05) is 30.9 Å². The SMILES string of the molecule is CNC(=O)c1nn(CCc2ccccc2)c2c1C[C@H](NCc1ccco1)CC2. The summed E-state index contributed by atoms with van der Waals surface area (Å²) in [7, 11) is 1.66. The molecular formula is C22H26N4O2. The van der Waals surface area contributed by atoms with Gasteiger partial charge in [0.05, 0.1) is 12.8 Å². The molecule has 0 aliphatic heterocycles. The molecule has 146 valence electrons. The summed E-state index contributed by atoms with van der Waals surface area (Å²) in [4.78, 5) is 12.4. The van der Waals surface area contributed by atoms with E-state index < -0.39 is 0 Å². The molecule has 2 heterocycles. The van der Waals surface area contributed by atoms with E-state index in [1.807, 2.05) is 22.9 Å². The predicted octanol–water partition coefficient (Wildman–Crippen LogP) is 2.73. The van der Waals surface area contributed by atoms with Crippen molar-refractivity contribution < 1.29 is 9.21 Å². The summed E-state index contributed by atoms with van der Waals surface area (Å²) in [5.41, 5.74) is 4.12. The Bertz CT molecular complexity index is 916. The maximum Gasteiger partial charge on any atom is 0.271 e. The van der Waals surface area contributed by atoms with E-state index in [1.165, 1.54) is 11.3 Å². The highest BCUT2D eigenvalue weighted by Gasteiger charge is 2.28. The first-order chi connectivity index (χ1) is 13.7. The van der Waals surface area contributed by atoms with Gasteiger partial charge < -0.3 is 15.1 Å². The maximum absolute atomic E-state index is 12.4. The van der Waals surface area contributed by atoms with E-state index >= 15 is 0 Å². The zero-order chi connectivity index (χ0) is 19.3. The van der Waals surface area contributed by atoms with Gasteiger partial charge in [-0.25, -0.2) is 0 Å². The zero-order valence-corrected chi connectivity index (χ0v) is 16.1. The van der Waals surface area contributed by atoms with E-state index in [-0.39, 0.29) is 5.91 Å². The van der Waals surface area contributed by atoms with Crippen molar-refractivity contribution in [2.45, 2.75) is 44.8 Å². The molecule has 6 heteroatoms. The van der Waals surface area contributed by atoms with E-state index in [4.69, 9.17) is 4.42 Å². The van der Waals surface area contributed by atoms with Crippen molar-refractivity contribution in [3.05, 3.63) is 77.0 Å². The van der Waals surface area contributed by atoms with Crippen LogP contribution < -0.4 is 10.6 Å². The summed E-state index contributed by atoms with van der Waals surface area (Å²) in [6.45, 7) is 1.48. The van der Waals surface area contributed by atoms with Gasteiger partial charge in [0.2, 0.25) is 0 Å². The second-order valence-electron chi connectivity index (χ2n) is 7.21. The van der Waals surface area contributed by atoms with Crippen LogP contribution in [0.25, 0.3) is 0 Å². The van der Waals surface area contributed by atoms with E-state index in [0.717, 1.165) is 43.6 Å². The van der Waals surface area contributed by atoms with Crippen LogP contribution in [0.5, 0.6) is 0 Å². The molecule has 0 bridgehead atoms. The van der Waals surface area contributed by atoms with Crippen molar-refractivity contribution >= 4 is 5.91 Å². The molecule has 1 aromatic carbocycles. The first-order valence-corrected chi connectivity index (χ1v) is 9.85. The van der Waals surface area contributed by atoms with Crippen molar-refractivity contribution in [1.29, 1.82) is 0 Å². The standard InChI is InChI=1S/C22H26N4O2/c1-23-22(27)21-19-14-17(24-15-18-8-5-13-28-18)9-10-20(19)26(25-21)12-11-16-6-3-2-4-7-16/h2-8,13,17,24H,9-12,14-15H2,1H3,(H,23,27)/t17-/m1/s1. The number of benzene rings is 1. The normalized spacial score (nSPS) is 16.0. The number of nitrogens with one attached hydrogen (secondary N) is 2. The molecule has 1 aliphatic carbocycles. The summed E-state index contributed by atoms with van der Waals surface area (Å²) >= 11 is 0. The summed E-state index contributed by atoms with van der Waals surface area (Å²) in [6, 6.07) is 14.6. The Labute approximate surface area is 164 Å². The van der Waals surface area contributed by atoms with Crippen LogP contribution in [0.4, 0.5) is 0 Å². The van der Waals surface area contributed by atoms with Crippen LogP contribution in [0.2, 0.25) is 0 Å². The summed E-state index contributed by atoms with van der Waals surface area (Å²) < 4.78 is 7.45. The third-order valence-electron chi connectivity index (χ3n) is 5.39. The molecule has 1 aliphatic rings. The Morgan fingerprint density at radius 1 is 1.25 bits per heavy atom. The van der Waals surface area contributed by atoms with Gasteiger partial charge in [-0.2, -0.15) is 5.10 Å². The average molecular weight is 378 g/mol. The van der Waals surface area contributed by atoms with Gasteiger partial charge >= 0.3 is 0 Å². The lowest BCUT2D eigenvalue weighted by atomic mass is 9.91. The van der Waals surface area contributed by atoms with Crippen molar-refractivity contribution in [3.8, 4) is 0 Å². The molecule has 3 aromatic rings. The summed E-state index contributed by atoms with van der Waals surface area (Å²) in [5.74, 6) is 0.817. The number of rotatable bonds is 7. The first kappa shape index (κ1) is 18.5. The molecule has 1 atom stereocenters. The number of amides is 1. The molecule has 4 rings (SSSR count). The van der Waals surface area contributed by atoms with E-state index in [2.05, 4.69) is 40.0 Å². The molecular weight excluding hydrogens is 352 g/mol. The first-order valence-electron chi connectivity index (χ1n) is 9.85. The van der Waals surface area contributed by atoms with Crippen LogP contribution in [-0.2, 0) is 32.4 Å². The zero-order valence-electron chi connectivity index (χ0n) is 16.1. The predicted molar refractivity (Wildman–Crippen MR) is 107 cm³/mol. The molecule has 28 heavy (non-hydrogen) atoms. The second-order valence-corrected chi connectivity index (χ2v) is 7.21. The number of nitrogens with zero attached hydrogens (tertiary/aromatic N) is 2. The van der Waals surface area contributed by atoms with E-state index in [1.54, 1.807) is 13.3 Å². The smallest absolute Gasteiger partial charge is 0.271 e. The number of aryl methyl sites for hydroxylation is 2. The highest BCUT2D eigenvalue weighted by Crippen LogP contribution is 2.25. The number of carbonyl (C=O) groups excluding carboxylic acids is 1. The molecule has 0 radical (unpaired) electrons. The lowest BCUT2D eigenvalue weighted by Crippen LogP contribution is -2.35. The van der Waals surface area contributed by atoms with Gasteiger partial charge in [0.25, 0.3) is 5.91 Å². The van der Waals surface area contributed by atoms with Crippen LogP contribution in [0, 0.1) is 0 Å². The van der Waals surface area contributed by atoms with Gasteiger partial charge in [-0.15, -0.1) is 0 Å². The maximum atomic E-state index is 12.4. The van der Waals surface area contributed by atoms with Crippen LogP contribution in [0.3, 0.4) is 0 Å². The number of hydrogen-bond acceptors (Lipinski definition) is 4. The van der Waals surface area contributed by atoms with Crippen molar-refractivity contribution in [2.75, 3.05) is 7.05 Å². The van der Waals surface area contributed by atoms with E-state index in [0.29, 0.717) is 18.3 Å². The second kappa shape index (κ2) is 8.44. The lowest BCUT2D eigenvalue weighted by Gasteiger charge is -2.24. The Morgan fingerprint density at radius 2 is 2.11 bits per heavy atom. The fourth-order valence-electron chi connectivity index (χ4n) is 3.89. The van der Waals surface area contributed by atoms with Gasteiger partial charge in [-0.3, -0.25) is 9.48 Å². The number of hydrogen-bond donors (Lipinski definition) is 2. The molecule has 6 nitrogen and oxygen atoms in total. The van der Waals surface area contributed by atoms with Crippen molar-refractivity contribution in [3.63, 3.8) is 0 Å². The number of fused-ring (bicyclic) bond motifs is 1. The summed E-state index contributed by atoms with van der Waals surface area (Å²) in [6.07, 6.45) is 5.35. The molecule has 1 amide bonds. The van der Waals surface area contributed by atoms with Crippen LogP contribution in [0.1, 0.15) is 39.5 Å². The van der Waals surface area contributed by atoms with Crippen LogP contribution in [-0.4, -0.2) is 28.8 Å². The molecule has 2 N–H and O–H groups in total. The van der Waals surface area contributed by atoms with Crippen LogP contribution in [0.15, 0.2) is 53.1 Å². The van der Waals surface area contributed by atoms with E-state index in [9.17, 15) is 4.79 Å². The van der Waals surface area contributed by atoms with Gasteiger partial charge in [0.1, 0.15) is 5.76 Å². The minimum atomic E-state index is -0.110. The molecule has 0 saturated heterocycles. The topological polar surface area (TPSA) is 72.1 Å². The van der Waals surface area contributed by atoms with Gasteiger partial charge in [-0.05, 0) is 43.4 Å². The number of aromatic nitrogens is 2. The van der Waals surface area contributed by atoms with Gasteiger partial charge in [0.15, 0.2) is 5.69 Å². The molecule has 0 unspecified atom stereocenters. The Morgan fingerprint density at radius 3 is 2.86 bits per heavy atom. The monoisotopic (exact) mass is 378 g/mol. The Kier molecular flexibility index (Phi) is 5.58. The fourth-order valence-corrected chi connectivity index (χ4v) is 3.89. The molecule has 0 spiro atoms. The minimum Gasteiger partial charge on any atom is -0.468 e. The average Bonchev–Trinajstić information content (AvgIpc) is 3.38. The molecule has 0 saturated carbocycles. The number of carbonyl (C=O) groups is 1. The Hall–Kier alpha value is -2.86. The van der Waals surface area contributed by atoms with Crippen LogP contribution >= 0.6 is 0 Å². The van der Waals surface area contributed by atoms with Crippen molar-refractivity contribution in [1.82, 2.24) is 20.4 Å².